The second-order valence-corrected chi connectivity index (χ2v) is 4.34. The first-order valence-corrected chi connectivity index (χ1v) is 5.06. The number of piperidine rings is 3. The van der Waals surface area contributed by atoms with Gasteiger partial charge in [0.15, 0.2) is 0 Å². The van der Waals surface area contributed by atoms with E-state index >= 15 is 0 Å². The summed E-state index contributed by atoms with van der Waals surface area (Å²) in [7, 11) is 7.56. The quantitative estimate of drug-likeness (QED) is 0.341. The van der Waals surface area contributed by atoms with Crippen molar-refractivity contribution in [2.75, 3.05) is 26.7 Å². The number of fused-ring (bicyclic) bond motifs is 3. The molecule has 3 aliphatic heterocycles. The second kappa shape index (κ2) is 3.42. The molecule has 3 aliphatic rings. The zero-order chi connectivity index (χ0) is 10.2. The average Bonchev–Trinajstić information content (AvgIpc) is 2.18. The van der Waals surface area contributed by atoms with Gasteiger partial charge in [-0.2, -0.15) is 0 Å². The molecule has 0 aromatic carbocycles. The number of rotatable bonds is 1. The van der Waals surface area contributed by atoms with Gasteiger partial charge in [0.25, 0.3) is 0 Å². The van der Waals surface area contributed by atoms with Crippen LogP contribution in [0.5, 0.6) is 0 Å². The lowest BCUT2D eigenvalue weighted by Gasteiger charge is -2.59. The molecule has 0 amide bonds. The summed E-state index contributed by atoms with van der Waals surface area (Å²) in [5, 5.41) is 0. The Bertz CT molecular complexity index is 280. The van der Waals surface area contributed by atoms with Crippen LogP contribution >= 0.6 is 0 Å². The number of carbonyl (C=O) groups excluding carboxylic acids is 1. The van der Waals surface area contributed by atoms with Gasteiger partial charge in [-0.05, 0) is 24.3 Å². The van der Waals surface area contributed by atoms with Crippen LogP contribution in [0.2, 0.25) is 0 Å². The summed E-state index contributed by atoms with van der Waals surface area (Å²) in [4.78, 5) is 11.1. The number of esters is 1. The van der Waals surface area contributed by atoms with Crippen LogP contribution in [0.15, 0.2) is 11.6 Å². The first kappa shape index (κ1) is 9.78. The third-order valence-electron chi connectivity index (χ3n) is 3.37. The predicted octanol–water partition coefficient (Wildman–Crippen LogP) is 0.410. The molecule has 0 aromatic heterocycles. The van der Waals surface area contributed by atoms with E-state index in [1.807, 2.05) is 0 Å². The van der Waals surface area contributed by atoms with Crippen LogP contribution in [0.4, 0.5) is 0 Å². The summed E-state index contributed by atoms with van der Waals surface area (Å²) in [6.07, 6.45) is 3.85. The van der Waals surface area contributed by atoms with E-state index in [1.165, 1.54) is 12.7 Å². The van der Waals surface area contributed by atoms with Gasteiger partial charge in [-0.25, -0.2) is 12.8 Å². The molecule has 75 valence electrons. The van der Waals surface area contributed by atoms with Gasteiger partial charge in [0.05, 0.1) is 13.7 Å². The van der Waals surface area contributed by atoms with Crippen LogP contribution in [0, 0.1) is 5.92 Å². The van der Waals surface area contributed by atoms with Crippen molar-refractivity contribution in [3.8, 4) is 0 Å². The first-order valence-electron chi connectivity index (χ1n) is 5.06. The SMILES string of the molecule is [B-][N+]12CCC(CC1)/C(=C/C(=O)OC)C2. The number of hydrogen-bond donors (Lipinski definition) is 0. The van der Waals surface area contributed by atoms with E-state index in [2.05, 4.69) is 4.74 Å². The Morgan fingerprint density at radius 2 is 2.21 bits per heavy atom. The number of quaternary nitrogens is 1. The zero-order valence-corrected chi connectivity index (χ0v) is 8.53. The minimum atomic E-state index is -0.250. The Hall–Kier alpha value is -0.765. The Morgan fingerprint density at radius 1 is 1.57 bits per heavy atom. The van der Waals surface area contributed by atoms with Gasteiger partial charge in [0.1, 0.15) is 0 Å². The standard InChI is InChI=1S/C10H15BNO2/c1-14-10(13)6-9-7-12(11)4-2-8(9)3-5-12/h6,8H,2-5,7H2,1H3/b9-6+. The highest BCUT2D eigenvalue weighted by Crippen LogP contribution is 2.35. The molecule has 0 aromatic rings. The second-order valence-electron chi connectivity index (χ2n) is 4.34. The van der Waals surface area contributed by atoms with E-state index in [0.717, 1.165) is 32.5 Å². The van der Waals surface area contributed by atoms with Crippen LogP contribution < -0.4 is 0 Å². The molecule has 0 aliphatic carbocycles. The number of hydrogen-bond acceptors (Lipinski definition) is 2. The smallest absolute Gasteiger partial charge is 0.330 e. The van der Waals surface area contributed by atoms with E-state index in [4.69, 9.17) is 7.98 Å². The summed E-state index contributed by atoms with van der Waals surface area (Å²) in [5.41, 5.74) is 1.18. The largest absolute Gasteiger partial charge is 0.585 e. The Balaban J connectivity index is 2.15. The van der Waals surface area contributed by atoms with Crippen molar-refractivity contribution in [2.45, 2.75) is 12.8 Å². The van der Waals surface area contributed by atoms with Gasteiger partial charge in [-0.3, -0.25) is 0 Å². The summed E-state index contributed by atoms with van der Waals surface area (Å²) in [5.74, 6) is 0.318. The Morgan fingerprint density at radius 3 is 2.71 bits per heavy atom. The van der Waals surface area contributed by atoms with Crippen molar-refractivity contribution in [1.29, 1.82) is 0 Å². The van der Waals surface area contributed by atoms with Gasteiger partial charge in [0, 0.05) is 19.2 Å². The fraction of sp³-hybridized carbons (Fsp3) is 0.700. The van der Waals surface area contributed by atoms with Crippen molar-refractivity contribution in [3.05, 3.63) is 11.6 Å². The summed E-state index contributed by atoms with van der Waals surface area (Å²) >= 11 is 0. The van der Waals surface area contributed by atoms with Gasteiger partial charge in [-0.1, -0.05) is 0 Å². The van der Waals surface area contributed by atoms with Crippen LogP contribution in [-0.2, 0) is 9.53 Å². The highest BCUT2D eigenvalue weighted by molar-refractivity contribution is 5.97. The van der Waals surface area contributed by atoms with Crippen molar-refractivity contribution < 1.29 is 13.9 Å². The molecule has 3 heterocycles. The van der Waals surface area contributed by atoms with Crippen LogP contribution in [0.1, 0.15) is 12.8 Å². The molecule has 4 heteroatoms. The van der Waals surface area contributed by atoms with Crippen LogP contribution in [0.25, 0.3) is 0 Å². The van der Waals surface area contributed by atoms with Crippen molar-refractivity contribution in [1.82, 2.24) is 0 Å². The van der Waals surface area contributed by atoms with Crippen molar-refractivity contribution in [2.24, 2.45) is 5.92 Å². The maximum atomic E-state index is 11.1. The monoisotopic (exact) mass is 192 g/mol. The highest BCUT2D eigenvalue weighted by Gasteiger charge is 2.33. The van der Waals surface area contributed by atoms with Gasteiger partial charge in [0.2, 0.25) is 0 Å². The maximum absolute atomic E-state index is 11.1. The van der Waals surface area contributed by atoms with Crippen molar-refractivity contribution >= 4 is 14.0 Å². The molecule has 14 heavy (non-hydrogen) atoms. The molecule has 3 saturated heterocycles. The Labute approximate surface area is 85.7 Å². The maximum Gasteiger partial charge on any atom is 0.330 e. The minimum absolute atomic E-state index is 0.250. The van der Waals surface area contributed by atoms with Gasteiger partial charge < -0.3 is 9.13 Å². The topological polar surface area (TPSA) is 26.3 Å². The lowest BCUT2D eigenvalue weighted by Crippen LogP contribution is -2.57. The van der Waals surface area contributed by atoms with E-state index < -0.39 is 0 Å². The Kier molecular flexibility index (Phi) is 2.39. The molecule has 0 spiro atoms. The fourth-order valence-electron chi connectivity index (χ4n) is 2.48. The zero-order valence-electron chi connectivity index (χ0n) is 8.53. The van der Waals surface area contributed by atoms with Gasteiger partial charge in [-0.15, -0.1) is 0 Å². The van der Waals surface area contributed by atoms with E-state index in [9.17, 15) is 4.79 Å². The van der Waals surface area contributed by atoms with Crippen molar-refractivity contribution in [3.63, 3.8) is 0 Å². The van der Waals surface area contributed by atoms with Crippen LogP contribution in [-0.4, -0.2) is 45.1 Å². The average molecular weight is 192 g/mol. The first-order chi connectivity index (χ1) is 6.63. The molecule has 0 unspecified atom stereocenters. The number of ether oxygens (including phenoxy) is 1. The molecular weight excluding hydrogens is 177 g/mol. The molecule has 3 fully saturated rings. The number of methoxy groups -OCH3 is 1. The lowest BCUT2D eigenvalue weighted by molar-refractivity contribution is -0.827. The molecular formula is C10H15BNO2. The lowest BCUT2D eigenvalue weighted by atomic mass is 9.79. The fourth-order valence-corrected chi connectivity index (χ4v) is 2.48. The van der Waals surface area contributed by atoms with Crippen LogP contribution in [0.3, 0.4) is 0 Å². The predicted molar refractivity (Wildman–Crippen MR) is 53.4 cm³/mol. The molecule has 3 rings (SSSR count). The van der Waals surface area contributed by atoms with Gasteiger partial charge >= 0.3 is 5.97 Å². The molecule has 3 nitrogen and oxygen atoms in total. The summed E-state index contributed by atoms with van der Waals surface area (Å²) in [6, 6.07) is 0. The molecule has 0 N–H and O–H groups in total. The normalized spacial score (nSPS) is 38.7. The molecule has 0 atom stereocenters. The molecule has 0 saturated carbocycles. The summed E-state index contributed by atoms with van der Waals surface area (Å²) in [6.45, 7) is 2.91. The number of nitrogens with zero attached hydrogens (tertiary/aromatic N) is 1. The molecule has 3 radical (unpaired) electrons. The number of carbonyl (C=O) groups is 1. The van der Waals surface area contributed by atoms with E-state index in [-0.39, 0.29) is 5.97 Å². The third-order valence-corrected chi connectivity index (χ3v) is 3.37. The summed E-state index contributed by atoms with van der Waals surface area (Å²) < 4.78 is 5.24. The highest BCUT2D eigenvalue weighted by atomic mass is 16.5. The molecule has 2 bridgehead atoms. The minimum Gasteiger partial charge on any atom is -0.585 e. The van der Waals surface area contributed by atoms with E-state index in [0.29, 0.717) is 10.3 Å². The third kappa shape index (κ3) is 1.71. The van der Waals surface area contributed by atoms with E-state index in [1.54, 1.807) is 6.08 Å².